The second-order valence-corrected chi connectivity index (χ2v) is 7.36. The molecule has 4 rings (SSSR count). The van der Waals surface area contributed by atoms with E-state index in [0.29, 0.717) is 29.7 Å². The highest BCUT2D eigenvalue weighted by Crippen LogP contribution is 2.30. The predicted octanol–water partition coefficient (Wildman–Crippen LogP) is 2.79. The van der Waals surface area contributed by atoms with Crippen LogP contribution in [0.4, 0.5) is 0 Å². The number of hydrogen-bond acceptors (Lipinski definition) is 4. The number of rotatable bonds is 2. The summed E-state index contributed by atoms with van der Waals surface area (Å²) in [6, 6.07) is 11.2. The Hall–Kier alpha value is -2.97. The van der Waals surface area contributed by atoms with Crippen molar-refractivity contribution < 1.29 is 4.74 Å². The number of pyridine rings is 1. The van der Waals surface area contributed by atoms with Gasteiger partial charge in [0.2, 0.25) is 0 Å². The topological polar surface area (TPSA) is 57.0 Å². The van der Waals surface area contributed by atoms with Crippen LogP contribution in [0.3, 0.4) is 0 Å². The molecule has 0 spiro atoms. The molecule has 1 aliphatic rings. The molecule has 1 aliphatic heterocycles. The Labute approximate surface area is 158 Å². The van der Waals surface area contributed by atoms with Crippen LogP contribution >= 0.6 is 0 Å². The molecule has 0 N–H and O–H groups in total. The molecule has 0 amide bonds. The van der Waals surface area contributed by atoms with Gasteiger partial charge in [0, 0.05) is 37.3 Å². The molecule has 0 radical (unpaired) electrons. The van der Waals surface area contributed by atoms with Crippen molar-refractivity contribution in [3.63, 3.8) is 0 Å². The van der Waals surface area contributed by atoms with Crippen LogP contribution in [-0.4, -0.2) is 28.3 Å². The van der Waals surface area contributed by atoms with Crippen molar-refractivity contribution in [2.24, 2.45) is 5.41 Å². The summed E-state index contributed by atoms with van der Waals surface area (Å²) >= 11 is 0. The average molecular weight is 359 g/mol. The van der Waals surface area contributed by atoms with Gasteiger partial charge in [-0.15, -0.1) is 0 Å². The van der Waals surface area contributed by atoms with Gasteiger partial charge < -0.3 is 4.74 Å². The van der Waals surface area contributed by atoms with Crippen LogP contribution < -0.4 is 5.56 Å². The Morgan fingerprint density at radius 3 is 2.93 bits per heavy atom. The van der Waals surface area contributed by atoms with Gasteiger partial charge in [-0.2, -0.15) is 0 Å². The summed E-state index contributed by atoms with van der Waals surface area (Å²) in [6.07, 6.45) is 3.45. The number of nitrogens with zero attached hydrogens (tertiary/aromatic N) is 3. The highest BCUT2D eigenvalue weighted by atomic mass is 16.5. The molecule has 0 saturated heterocycles. The van der Waals surface area contributed by atoms with Crippen LogP contribution in [0, 0.1) is 17.3 Å². The number of methoxy groups -OCH3 is 1. The van der Waals surface area contributed by atoms with Crippen LogP contribution in [0.5, 0.6) is 0 Å². The average Bonchev–Trinajstić information content (AvgIpc) is 2.68. The zero-order valence-corrected chi connectivity index (χ0v) is 15.5. The molecule has 1 atom stereocenters. The van der Waals surface area contributed by atoms with Crippen LogP contribution in [0.15, 0.2) is 47.4 Å². The highest BCUT2D eigenvalue weighted by Gasteiger charge is 2.31. The molecule has 27 heavy (non-hydrogen) atoms. The third-order valence-electron chi connectivity index (χ3n) is 5.02. The monoisotopic (exact) mass is 359 g/mol. The fraction of sp³-hybridized carbons (Fsp3) is 0.318. The third kappa shape index (κ3) is 3.49. The Balaban J connectivity index is 1.73. The summed E-state index contributed by atoms with van der Waals surface area (Å²) in [5, 5.41) is 0.629. The van der Waals surface area contributed by atoms with E-state index in [1.165, 1.54) is 0 Å². The third-order valence-corrected chi connectivity index (χ3v) is 5.02. The summed E-state index contributed by atoms with van der Waals surface area (Å²) in [6.45, 7) is 3.44. The molecule has 0 fully saturated rings. The lowest BCUT2D eigenvalue weighted by Crippen LogP contribution is -2.40. The van der Waals surface area contributed by atoms with Gasteiger partial charge in [-0.25, -0.2) is 9.97 Å². The first-order chi connectivity index (χ1) is 13.1. The molecule has 0 unspecified atom stereocenters. The van der Waals surface area contributed by atoms with Crippen LogP contribution in [-0.2, 0) is 17.7 Å². The quantitative estimate of drug-likeness (QED) is 0.660. The van der Waals surface area contributed by atoms with E-state index >= 15 is 0 Å². The second kappa shape index (κ2) is 6.98. The fourth-order valence-corrected chi connectivity index (χ4v) is 3.61. The fourth-order valence-electron chi connectivity index (χ4n) is 3.61. The summed E-state index contributed by atoms with van der Waals surface area (Å²) in [5.74, 6) is 6.99. The molecule has 0 saturated carbocycles. The standard InChI is InChI=1S/C22H21N3O2/c1-22(15-27-2)11-10-20-24-19-13-16(6-8-17-5-3-4-12-23-17)7-9-18(19)21(26)25(20)14-22/h3-5,7,9,12-13H,10-11,14-15H2,1-2H3/t22-/m1/s1. The van der Waals surface area contributed by atoms with E-state index in [4.69, 9.17) is 9.72 Å². The van der Waals surface area contributed by atoms with E-state index in [1.807, 2.05) is 41.0 Å². The van der Waals surface area contributed by atoms with Crippen molar-refractivity contribution in [2.75, 3.05) is 13.7 Å². The highest BCUT2D eigenvalue weighted by molar-refractivity contribution is 5.79. The summed E-state index contributed by atoms with van der Waals surface area (Å²) in [4.78, 5) is 22.0. The SMILES string of the molecule is COC[C@]1(C)CCc2nc3cc(C#Cc4ccccn4)ccc3c(=O)n2C1. The van der Waals surface area contributed by atoms with Gasteiger partial charge in [0.15, 0.2) is 0 Å². The van der Waals surface area contributed by atoms with Gasteiger partial charge in [-0.1, -0.05) is 18.9 Å². The lowest BCUT2D eigenvalue weighted by molar-refractivity contribution is 0.0610. The predicted molar refractivity (Wildman–Crippen MR) is 105 cm³/mol. The van der Waals surface area contributed by atoms with Crippen molar-refractivity contribution in [2.45, 2.75) is 26.3 Å². The molecule has 3 heterocycles. The van der Waals surface area contributed by atoms with Crippen LogP contribution in [0.2, 0.25) is 0 Å². The van der Waals surface area contributed by atoms with Gasteiger partial charge in [-0.3, -0.25) is 9.36 Å². The van der Waals surface area contributed by atoms with E-state index < -0.39 is 0 Å². The van der Waals surface area contributed by atoms with Crippen LogP contribution in [0.1, 0.15) is 30.4 Å². The minimum absolute atomic E-state index is 0.0151. The van der Waals surface area contributed by atoms with Gasteiger partial charge in [0.25, 0.3) is 5.56 Å². The number of aromatic nitrogens is 3. The molecule has 136 valence electrons. The zero-order chi connectivity index (χ0) is 18.9. The Kier molecular flexibility index (Phi) is 4.51. The van der Waals surface area contributed by atoms with E-state index in [1.54, 1.807) is 13.3 Å². The number of hydrogen-bond donors (Lipinski definition) is 0. The first kappa shape index (κ1) is 17.4. The lowest BCUT2D eigenvalue weighted by atomic mass is 9.83. The largest absolute Gasteiger partial charge is 0.384 e. The Bertz CT molecular complexity index is 1110. The number of ether oxygens (including phenoxy) is 1. The van der Waals surface area contributed by atoms with Gasteiger partial charge >= 0.3 is 0 Å². The number of fused-ring (bicyclic) bond motifs is 2. The number of benzene rings is 1. The maximum absolute atomic E-state index is 13.0. The maximum atomic E-state index is 13.0. The summed E-state index contributed by atoms with van der Waals surface area (Å²) in [5.41, 5.74) is 2.23. The molecule has 2 aromatic heterocycles. The van der Waals surface area contributed by atoms with Crippen molar-refractivity contribution in [1.82, 2.24) is 14.5 Å². The summed E-state index contributed by atoms with van der Waals surface area (Å²) < 4.78 is 7.16. The van der Waals surface area contributed by atoms with Crippen molar-refractivity contribution in [3.05, 3.63) is 70.0 Å². The van der Waals surface area contributed by atoms with Crippen molar-refractivity contribution in [3.8, 4) is 11.8 Å². The Morgan fingerprint density at radius 2 is 2.15 bits per heavy atom. The molecule has 0 bridgehead atoms. The smallest absolute Gasteiger partial charge is 0.261 e. The minimum atomic E-state index is -0.0327. The molecule has 5 heteroatoms. The molecular formula is C22H21N3O2. The first-order valence-corrected chi connectivity index (χ1v) is 9.03. The molecular weight excluding hydrogens is 338 g/mol. The van der Waals surface area contributed by atoms with Gasteiger partial charge in [-0.05, 0) is 42.7 Å². The van der Waals surface area contributed by atoms with E-state index in [-0.39, 0.29) is 11.0 Å². The first-order valence-electron chi connectivity index (χ1n) is 9.03. The molecule has 1 aromatic carbocycles. The van der Waals surface area contributed by atoms with Crippen molar-refractivity contribution >= 4 is 10.9 Å². The second-order valence-electron chi connectivity index (χ2n) is 7.36. The van der Waals surface area contributed by atoms with Crippen molar-refractivity contribution in [1.29, 1.82) is 0 Å². The van der Waals surface area contributed by atoms with E-state index in [9.17, 15) is 4.79 Å². The lowest BCUT2D eigenvalue weighted by Gasteiger charge is -2.34. The van der Waals surface area contributed by atoms with Gasteiger partial charge in [0.1, 0.15) is 11.5 Å². The molecule has 3 aromatic rings. The number of aryl methyl sites for hydroxylation is 1. The van der Waals surface area contributed by atoms with E-state index in [2.05, 4.69) is 23.7 Å². The summed E-state index contributed by atoms with van der Waals surface area (Å²) in [7, 11) is 1.70. The Morgan fingerprint density at radius 1 is 1.26 bits per heavy atom. The van der Waals surface area contributed by atoms with Gasteiger partial charge in [0.05, 0.1) is 17.5 Å². The molecule has 5 nitrogen and oxygen atoms in total. The molecule has 0 aliphatic carbocycles. The minimum Gasteiger partial charge on any atom is -0.384 e. The maximum Gasteiger partial charge on any atom is 0.261 e. The normalized spacial score (nSPS) is 18.6. The zero-order valence-electron chi connectivity index (χ0n) is 15.5. The van der Waals surface area contributed by atoms with E-state index in [0.717, 1.165) is 24.2 Å². The van der Waals surface area contributed by atoms with Crippen LogP contribution in [0.25, 0.3) is 10.9 Å².